The first kappa shape index (κ1) is 18.1. The lowest BCUT2D eigenvalue weighted by Gasteiger charge is -2.42. The number of carbonyl (C=O) groups excluding carboxylic acids is 1. The Morgan fingerprint density at radius 1 is 1.17 bits per heavy atom. The van der Waals surface area contributed by atoms with E-state index in [9.17, 15) is 4.79 Å². The average Bonchev–Trinajstić information content (AvgIpc) is 3.15. The SMILES string of the molecule is CN(C(=O)CSc1ccc(Cl)cc1)[C@@H]1CCCC[C@H]1N1CCCC1. The lowest BCUT2D eigenvalue weighted by atomic mass is 9.88. The molecule has 24 heavy (non-hydrogen) atoms. The van der Waals surface area contributed by atoms with Gasteiger partial charge in [0, 0.05) is 29.0 Å². The van der Waals surface area contributed by atoms with E-state index < -0.39 is 0 Å². The third kappa shape index (κ3) is 4.47. The van der Waals surface area contributed by atoms with Crippen LogP contribution in [-0.4, -0.2) is 53.7 Å². The van der Waals surface area contributed by atoms with Crippen molar-refractivity contribution in [3.8, 4) is 0 Å². The van der Waals surface area contributed by atoms with E-state index in [1.165, 1.54) is 45.2 Å². The molecule has 1 aromatic rings. The van der Waals surface area contributed by atoms with Crippen LogP contribution in [0.25, 0.3) is 0 Å². The zero-order chi connectivity index (χ0) is 16.9. The van der Waals surface area contributed by atoms with Crippen molar-refractivity contribution in [2.45, 2.75) is 55.5 Å². The minimum atomic E-state index is 0.242. The molecule has 2 fully saturated rings. The molecular formula is C19H27ClN2OS. The van der Waals surface area contributed by atoms with E-state index in [4.69, 9.17) is 11.6 Å². The highest BCUT2D eigenvalue weighted by molar-refractivity contribution is 8.00. The molecule has 0 bridgehead atoms. The molecule has 1 saturated carbocycles. The Balaban J connectivity index is 1.57. The quantitative estimate of drug-likeness (QED) is 0.726. The number of carbonyl (C=O) groups is 1. The van der Waals surface area contributed by atoms with Gasteiger partial charge in [-0.05, 0) is 63.0 Å². The summed E-state index contributed by atoms with van der Waals surface area (Å²) >= 11 is 7.52. The second-order valence-corrected chi connectivity index (χ2v) is 8.39. The normalized spacial score (nSPS) is 24.9. The van der Waals surface area contributed by atoms with Gasteiger partial charge in [-0.3, -0.25) is 9.69 Å². The summed E-state index contributed by atoms with van der Waals surface area (Å²) in [4.78, 5) is 18.5. The van der Waals surface area contributed by atoms with Crippen molar-refractivity contribution in [2.75, 3.05) is 25.9 Å². The highest BCUT2D eigenvalue weighted by Crippen LogP contribution is 2.30. The van der Waals surface area contributed by atoms with Gasteiger partial charge in [0.15, 0.2) is 0 Å². The van der Waals surface area contributed by atoms with Crippen molar-refractivity contribution < 1.29 is 4.79 Å². The molecule has 1 aromatic carbocycles. The van der Waals surface area contributed by atoms with Gasteiger partial charge in [0.2, 0.25) is 5.91 Å². The fraction of sp³-hybridized carbons (Fsp3) is 0.632. The Morgan fingerprint density at radius 3 is 2.54 bits per heavy atom. The summed E-state index contributed by atoms with van der Waals surface area (Å²) in [6.45, 7) is 2.42. The molecule has 3 rings (SSSR count). The number of likely N-dealkylation sites (N-methyl/N-ethyl adjacent to an activating group) is 1. The van der Waals surface area contributed by atoms with E-state index in [1.54, 1.807) is 11.8 Å². The Bertz CT molecular complexity index is 545. The van der Waals surface area contributed by atoms with E-state index in [-0.39, 0.29) is 5.91 Å². The molecule has 3 nitrogen and oxygen atoms in total. The predicted molar refractivity (Wildman–Crippen MR) is 102 cm³/mol. The van der Waals surface area contributed by atoms with Crippen LogP contribution in [0.4, 0.5) is 0 Å². The van der Waals surface area contributed by atoms with Crippen LogP contribution in [0, 0.1) is 0 Å². The van der Waals surface area contributed by atoms with E-state index in [2.05, 4.69) is 4.90 Å². The number of hydrogen-bond donors (Lipinski definition) is 0. The highest BCUT2D eigenvalue weighted by atomic mass is 35.5. The molecular weight excluding hydrogens is 340 g/mol. The number of benzene rings is 1. The van der Waals surface area contributed by atoms with Gasteiger partial charge >= 0.3 is 0 Å². The summed E-state index contributed by atoms with van der Waals surface area (Å²) in [6.07, 6.45) is 7.57. The zero-order valence-corrected chi connectivity index (χ0v) is 16.0. The lowest BCUT2D eigenvalue weighted by molar-refractivity contribution is -0.131. The van der Waals surface area contributed by atoms with Crippen LogP contribution in [0.3, 0.4) is 0 Å². The van der Waals surface area contributed by atoms with Gasteiger partial charge in [-0.2, -0.15) is 0 Å². The number of thioether (sulfide) groups is 1. The van der Waals surface area contributed by atoms with Gasteiger partial charge in [-0.1, -0.05) is 24.4 Å². The summed E-state index contributed by atoms with van der Waals surface area (Å²) in [6, 6.07) is 8.67. The Kier molecular flexibility index (Phi) is 6.48. The molecule has 5 heteroatoms. The Morgan fingerprint density at radius 2 is 1.83 bits per heavy atom. The monoisotopic (exact) mass is 366 g/mol. The third-order valence-corrected chi connectivity index (χ3v) is 6.62. The second kappa shape index (κ2) is 8.59. The van der Waals surface area contributed by atoms with Gasteiger partial charge in [0.25, 0.3) is 0 Å². The molecule has 2 aliphatic rings. The first-order valence-electron chi connectivity index (χ1n) is 9.03. The minimum absolute atomic E-state index is 0.242. The number of nitrogens with zero attached hydrogens (tertiary/aromatic N) is 2. The van der Waals surface area contributed by atoms with E-state index in [0.717, 1.165) is 16.3 Å². The maximum absolute atomic E-state index is 12.7. The van der Waals surface area contributed by atoms with Gasteiger partial charge in [0.1, 0.15) is 0 Å². The first-order valence-corrected chi connectivity index (χ1v) is 10.4. The molecule has 0 spiro atoms. The highest BCUT2D eigenvalue weighted by Gasteiger charge is 2.35. The summed E-state index contributed by atoms with van der Waals surface area (Å²) in [5.74, 6) is 0.743. The van der Waals surface area contributed by atoms with Gasteiger partial charge in [0.05, 0.1) is 5.75 Å². The molecule has 1 heterocycles. The predicted octanol–water partition coefficient (Wildman–Crippen LogP) is 4.30. The zero-order valence-electron chi connectivity index (χ0n) is 14.4. The number of amides is 1. The van der Waals surface area contributed by atoms with Crippen LogP contribution < -0.4 is 0 Å². The summed E-state index contributed by atoms with van der Waals surface area (Å²) in [5.41, 5.74) is 0. The Hall–Kier alpha value is -0.710. The largest absolute Gasteiger partial charge is 0.340 e. The molecule has 1 aliphatic carbocycles. The van der Waals surface area contributed by atoms with Crippen molar-refractivity contribution >= 4 is 29.3 Å². The minimum Gasteiger partial charge on any atom is -0.340 e. The van der Waals surface area contributed by atoms with E-state index in [1.807, 2.05) is 36.2 Å². The number of rotatable bonds is 5. The van der Waals surface area contributed by atoms with Gasteiger partial charge in [-0.25, -0.2) is 0 Å². The van der Waals surface area contributed by atoms with Crippen molar-refractivity contribution in [3.63, 3.8) is 0 Å². The summed E-state index contributed by atoms with van der Waals surface area (Å²) in [7, 11) is 2.00. The molecule has 132 valence electrons. The molecule has 1 saturated heterocycles. The van der Waals surface area contributed by atoms with E-state index >= 15 is 0 Å². The third-order valence-electron chi connectivity index (χ3n) is 5.37. The van der Waals surface area contributed by atoms with Gasteiger partial charge in [-0.15, -0.1) is 11.8 Å². The number of hydrogen-bond acceptors (Lipinski definition) is 3. The first-order chi connectivity index (χ1) is 11.6. The summed E-state index contributed by atoms with van der Waals surface area (Å²) < 4.78 is 0. The van der Waals surface area contributed by atoms with Crippen molar-refractivity contribution in [3.05, 3.63) is 29.3 Å². The van der Waals surface area contributed by atoms with Crippen LogP contribution in [0.15, 0.2) is 29.2 Å². The number of likely N-dealkylation sites (tertiary alicyclic amines) is 1. The van der Waals surface area contributed by atoms with Crippen LogP contribution in [0.1, 0.15) is 38.5 Å². The lowest BCUT2D eigenvalue weighted by Crippen LogP contribution is -2.53. The fourth-order valence-corrected chi connectivity index (χ4v) is 4.95. The van der Waals surface area contributed by atoms with Crippen molar-refractivity contribution in [1.82, 2.24) is 9.80 Å². The topological polar surface area (TPSA) is 23.6 Å². The number of halogens is 1. The molecule has 1 amide bonds. The van der Waals surface area contributed by atoms with Crippen molar-refractivity contribution in [2.24, 2.45) is 0 Å². The molecule has 2 atom stereocenters. The maximum Gasteiger partial charge on any atom is 0.232 e. The van der Waals surface area contributed by atoms with Crippen LogP contribution in [0.2, 0.25) is 5.02 Å². The van der Waals surface area contributed by atoms with Crippen molar-refractivity contribution in [1.29, 1.82) is 0 Å². The smallest absolute Gasteiger partial charge is 0.232 e. The Labute approximate surface area is 154 Å². The molecule has 0 radical (unpaired) electrons. The molecule has 1 aliphatic heterocycles. The summed E-state index contributed by atoms with van der Waals surface area (Å²) in [5, 5.41) is 0.735. The molecule has 0 N–H and O–H groups in total. The average molecular weight is 367 g/mol. The van der Waals surface area contributed by atoms with Gasteiger partial charge < -0.3 is 4.90 Å². The van der Waals surface area contributed by atoms with E-state index in [0.29, 0.717) is 17.8 Å². The second-order valence-electron chi connectivity index (χ2n) is 6.91. The molecule has 0 aromatic heterocycles. The van der Waals surface area contributed by atoms with Crippen LogP contribution in [0.5, 0.6) is 0 Å². The van der Waals surface area contributed by atoms with Crippen LogP contribution in [-0.2, 0) is 4.79 Å². The molecule has 0 unspecified atom stereocenters. The maximum atomic E-state index is 12.7. The standard InChI is InChI=1S/C19H27ClN2OS/c1-21(19(23)14-24-16-10-8-15(20)9-11-16)17-6-2-3-7-18(17)22-12-4-5-13-22/h8-11,17-18H,2-7,12-14H2,1H3/t17-,18-/m1/s1. The van der Waals surface area contributed by atoms with Crippen LogP contribution >= 0.6 is 23.4 Å². The fourth-order valence-electron chi connectivity index (χ4n) is 4.01.